The van der Waals surface area contributed by atoms with E-state index in [-0.39, 0.29) is 23.9 Å². The molecule has 37 heavy (non-hydrogen) atoms. The van der Waals surface area contributed by atoms with Crippen molar-refractivity contribution >= 4 is 64.9 Å². The lowest BCUT2D eigenvalue weighted by molar-refractivity contribution is 0.282. The number of benzene rings is 3. The van der Waals surface area contributed by atoms with Crippen LogP contribution >= 0.6 is 47.8 Å². The smallest absolute Gasteiger partial charge is 0.282 e. The van der Waals surface area contributed by atoms with Crippen LogP contribution in [0.1, 0.15) is 43.1 Å². The van der Waals surface area contributed by atoms with Crippen molar-refractivity contribution in [2.45, 2.75) is 32.8 Å². The first kappa shape index (κ1) is 27.5. The second kappa shape index (κ2) is 11.9. The molecule has 4 rings (SSSR count). The summed E-state index contributed by atoms with van der Waals surface area (Å²) in [6.45, 7) is 4.28. The maximum absolute atomic E-state index is 13.4. The number of hydrogen-bond acceptors (Lipinski definition) is 5. The summed E-state index contributed by atoms with van der Waals surface area (Å²) >= 11 is 10.6. The zero-order chi connectivity index (χ0) is 26.7. The molecule has 6 nitrogen and oxygen atoms in total. The van der Waals surface area contributed by atoms with Gasteiger partial charge in [-0.3, -0.25) is 4.79 Å². The minimum absolute atomic E-state index is 0.0184. The number of methoxy groups -OCH3 is 1. The van der Waals surface area contributed by atoms with E-state index in [4.69, 9.17) is 14.5 Å². The summed E-state index contributed by atoms with van der Waals surface area (Å²) < 4.78 is 28.2. The zero-order valence-electron chi connectivity index (χ0n) is 20.3. The first-order valence-electron chi connectivity index (χ1n) is 11.4. The van der Waals surface area contributed by atoms with E-state index in [0.29, 0.717) is 42.7 Å². The highest BCUT2D eigenvalue weighted by Gasteiger charge is 2.19. The highest BCUT2D eigenvalue weighted by atomic mass is 79.9. The molecule has 0 saturated carbocycles. The van der Waals surface area contributed by atoms with E-state index in [1.165, 1.54) is 23.9 Å². The number of halogens is 4. The fourth-order valence-electron chi connectivity index (χ4n) is 3.62. The van der Waals surface area contributed by atoms with Gasteiger partial charge in [-0.1, -0.05) is 41.9 Å². The Labute approximate surface area is 238 Å². The topological polar surface area (TPSA) is 65.7 Å². The highest BCUT2D eigenvalue weighted by molar-refractivity contribution is 9.13. The Balaban J connectivity index is 1.74. The SMILES string of the molecule is CC[C@H](C)c1nc2ccc(Br)cc2c(=O)n1N=Cc1cc(OC)c(OCc2ccc(F)cc2)c(Br)c1Br. The molecule has 0 fully saturated rings. The van der Waals surface area contributed by atoms with Crippen LogP contribution in [0.4, 0.5) is 4.39 Å². The molecule has 0 saturated heterocycles. The van der Waals surface area contributed by atoms with Crippen molar-refractivity contribution in [3.05, 3.63) is 95.1 Å². The number of aromatic nitrogens is 2. The molecule has 0 aliphatic heterocycles. The van der Waals surface area contributed by atoms with Crippen molar-refractivity contribution in [1.82, 2.24) is 9.66 Å². The predicted molar refractivity (Wildman–Crippen MR) is 155 cm³/mol. The minimum Gasteiger partial charge on any atom is -0.493 e. The number of hydrogen-bond donors (Lipinski definition) is 0. The number of rotatable bonds is 8. The molecule has 3 aromatic carbocycles. The van der Waals surface area contributed by atoms with Gasteiger partial charge in [0.05, 0.1) is 28.7 Å². The molecule has 1 aromatic heterocycles. The highest BCUT2D eigenvalue weighted by Crippen LogP contribution is 2.42. The van der Waals surface area contributed by atoms with E-state index in [0.717, 1.165) is 16.5 Å². The van der Waals surface area contributed by atoms with Crippen LogP contribution in [0.2, 0.25) is 0 Å². The van der Waals surface area contributed by atoms with Crippen molar-refractivity contribution in [1.29, 1.82) is 0 Å². The molecule has 0 radical (unpaired) electrons. The Bertz CT molecular complexity index is 1540. The Morgan fingerprint density at radius 1 is 1.11 bits per heavy atom. The molecule has 0 amide bonds. The van der Waals surface area contributed by atoms with Crippen LogP contribution < -0.4 is 15.0 Å². The van der Waals surface area contributed by atoms with Gasteiger partial charge in [-0.15, -0.1) is 0 Å². The van der Waals surface area contributed by atoms with Crippen LogP contribution in [0.15, 0.2) is 71.8 Å². The fourth-order valence-corrected chi connectivity index (χ4v) is 4.92. The Morgan fingerprint density at radius 3 is 2.51 bits per heavy atom. The van der Waals surface area contributed by atoms with Gasteiger partial charge < -0.3 is 9.47 Å². The average Bonchev–Trinajstić information content (AvgIpc) is 2.90. The maximum atomic E-state index is 13.4. The first-order valence-corrected chi connectivity index (χ1v) is 13.8. The summed E-state index contributed by atoms with van der Waals surface area (Å²) in [4.78, 5) is 18.2. The van der Waals surface area contributed by atoms with E-state index in [1.807, 2.05) is 26.0 Å². The van der Waals surface area contributed by atoms with Crippen molar-refractivity contribution in [3.63, 3.8) is 0 Å². The van der Waals surface area contributed by atoms with Gasteiger partial charge in [0.15, 0.2) is 11.5 Å². The molecule has 0 N–H and O–H groups in total. The number of fused-ring (bicyclic) bond motifs is 1. The lowest BCUT2D eigenvalue weighted by Gasteiger charge is -2.16. The Morgan fingerprint density at radius 2 is 1.84 bits per heavy atom. The third-order valence-electron chi connectivity index (χ3n) is 5.87. The van der Waals surface area contributed by atoms with Crippen molar-refractivity contribution in [2.75, 3.05) is 7.11 Å². The maximum Gasteiger partial charge on any atom is 0.282 e. The molecule has 0 bridgehead atoms. The third-order valence-corrected chi connectivity index (χ3v) is 8.51. The molecule has 4 aromatic rings. The van der Waals surface area contributed by atoms with Crippen LogP contribution in [0, 0.1) is 5.82 Å². The van der Waals surface area contributed by atoms with Gasteiger partial charge in [0, 0.05) is 20.4 Å². The van der Waals surface area contributed by atoms with E-state index < -0.39 is 0 Å². The largest absolute Gasteiger partial charge is 0.493 e. The molecular weight excluding hydrogens is 673 g/mol. The Kier molecular flexibility index (Phi) is 8.82. The van der Waals surface area contributed by atoms with Crippen LogP contribution in [0.3, 0.4) is 0 Å². The summed E-state index contributed by atoms with van der Waals surface area (Å²) in [6, 6.07) is 13.3. The fraction of sp³-hybridized carbons (Fsp3) is 0.222. The van der Waals surface area contributed by atoms with Crippen molar-refractivity contribution < 1.29 is 13.9 Å². The molecule has 0 unspecified atom stereocenters. The van der Waals surface area contributed by atoms with E-state index in [9.17, 15) is 9.18 Å². The van der Waals surface area contributed by atoms with E-state index >= 15 is 0 Å². The monoisotopic (exact) mass is 693 g/mol. The number of ether oxygens (including phenoxy) is 2. The van der Waals surface area contributed by atoms with Crippen LogP contribution in [0.5, 0.6) is 11.5 Å². The van der Waals surface area contributed by atoms with E-state index in [2.05, 4.69) is 52.9 Å². The van der Waals surface area contributed by atoms with Crippen LogP contribution in [-0.2, 0) is 6.61 Å². The normalized spacial score (nSPS) is 12.3. The molecule has 10 heteroatoms. The molecular formula is C27H23Br3FN3O3. The standard InChI is InChI=1S/C27H23Br3FN3O3/c1-4-15(2)26-33-21-10-7-18(28)12-20(21)27(35)34(26)32-13-17-11-22(36-3)25(24(30)23(17)29)37-14-16-5-8-19(31)9-6-16/h5-13,15H,4,14H2,1-3H3/t15-/m0/s1. The molecule has 1 atom stereocenters. The van der Waals surface area contributed by atoms with Gasteiger partial charge in [-0.05, 0) is 80.2 Å². The average molecular weight is 696 g/mol. The Hall–Kier alpha value is -2.56. The van der Waals surface area contributed by atoms with Crippen LogP contribution in [-0.4, -0.2) is 23.0 Å². The summed E-state index contributed by atoms with van der Waals surface area (Å²) in [5.74, 6) is 1.24. The van der Waals surface area contributed by atoms with Gasteiger partial charge in [-0.2, -0.15) is 9.78 Å². The second-order valence-corrected chi connectivity index (χ2v) is 10.8. The van der Waals surface area contributed by atoms with Gasteiger partial charge in [0.1, 0.15) is 18.2 Å². The number of nitrogens with zero attached hydrogens (tertiary/aromatic N) is 3. The van der Waals surface area contributed by atoms with Crippen molar-refractivity contribution in [2.24, 2.45) is 5.10 Å². The molecule has 0 aliphatic carbocycles. The minimum atomic E-state index is -0.307. The van der Waals surface area contributed by atoms with Gasteiger partial charge in [-0.25, -0.2) is 9.37 Å². The molecule has 0 spiro atoms. The summed E-state index contributed by atoms with van der Waals surface area (Å²) in [5, 5.41) is 5.03. The predicted octanol–water partition coefficient (Wildman–Crippen LogP) is 7.81. The lowest BCUT2D eigenvalue weighted by Crippen LogP contribution is -2.23. The second-order valence-electron chi connectivity index (χ2n) is 8.34. The first-order chi connectivity index (χ1) is 17.7. The summed E-state index contributed by atoms with van der Waals surface area (Å²) in [5.41, 5.74) is 1.85. The van der Waals surface area contributed by atoms with Crippen LogP contribution in [0.25, 0.3) is 10.9 Å². The van der Waals surface area contributed by atoms with Crippen molar-refractivity contribution in [3.8, 4) is 11.5 Å². The molecule has 0 aliphatic rings. The summed E-state index contributed by atoms with van der Waals surface area (Å²) in [7, 11) is 1.54. The zero-order valence-corrected chi connectivity index (χ0v) is 25.0. The van der Waals surface area contributed by atoms with Gasteiger partial charge in [0.25, 0.3) is 5.56 Å². The quantitative estimate of drug-likeness (QED) is 0.177. The lowest BCUT2D eigenvalue weighted by atomic mass is 10.1. The van der Waals surface area contributed by atoms with Gasteiger partial charge in [0.2, 0.25) is 0 Å². The van der Waals surface area contributed by atoms with Gasteiger partial charge >= 0.3 is 0 Å². The molecule has 1 heterocycles. The summed E-state index contributed by atoms with van der Waals surface area (Å²) in [6.07, 6.45) is 2.38. The molecule has 192 valence electrons. The third kappa shape index (κ3) is 5.97. The van der Waals surface area contributed by atoms with E-state index in [1.54, 1.807) is 30.5 Å².